The number of ketones is 2. The molecule has 2 aromatic heterocycles. The number of carbonyl (C=O) groups is 2. The number of aromatic nitrogens is 2. The van der Waals surface area contributed by atoms with Gasteiger partial charge in [-0.2, -0.15) is 10.2 Å². The first-order chi connectivity index (χ1) is 26.1. The minimum Gasteiger partial charge on any atom is -0.744 e. The first-order valence-corrected chi connectivity index (χ1v) is 20.7. The SMILES string of the molecule is O=C1/C(=N\Nc2ccc(/C=C/c3ccc(N/N=C4/C=C(S(=O)(=O)[O-])c5cccnc5C4=O)cc3S(=O)(=O)[O-])c(S(=O)(=O)[O-])c2)C=C(S(=O)(=O)[O-])c2cccnc21.[Na+].[Na+].[Na+].[Na+]. The summed E-state index contributed by atoms with van der Waals surface area (Å²) < 4.78 is 144. The van der Waals surface area contributed by atoms with Gasteiger partial charge in [-0.3, -0.25) is 30.4 Å². The van der Waals surface area contributed by atoms with Crippen molar-refractivity contribution in [3.05, 3.63) is 119 Å². The summed E-state index contributed by atoms with van der Waals surface area (Å²) in [7, 11) is -20.8. The van der Waals surface area contributed by atoms with E-state index in [0.717, 1.165) is 36.4 Å². The molecule has 288 valence electrons. The number of hydrogen-bond donors (Lipinski definition) is 2. The Morgan fingerprint density at radius 2 is 0.867 bits per heavy atom. The van der Waals surface area contributed by atoms with Gasteiger partial charge in [-0.1, -0.05) is 24.3 Å². The van der Waals surface area contributed by atoms with Crippen LogP contribution in [0, 0.1) is 0 Å². The zero-order valence-electron chi connectivity index (χ0n) is 31.4. The average molecular weight is 931 g/mol. The van der Waals surface area contributed by atoms with Crippen LogP contribution >= 0.6 is 0 Å². The van der Waals surface area contributed by atoms with Crippen LogP contribution in [0.1, 0.15) is 43.2 Å². The Labute approximate surface area is 430 Å². The number of nitrogens with one attached hydrogen (secondary N) is 2. The van der Waals surface area contributed by atoms with E-state index in [2.05, 4.69) is 31.0 Å². The molecule has 0 unspecified atom stereocenters. The molecule has 0 saturated heterocycles. The van der Waals surface area contributed by atoms with Crippen LogP contribution in [0.2, 0.25) is 0 Å². The van der Waals surface area contributed by atoms with Crippen molar-refractivity contribution in [1.82, 2.24) is 9.97 Å². The molecule has 0 saturated carbocycles. The number of carbonyl (C=O) groups excluding carboxylic acids is 2. The van der Waals surface area contributed by atoms with Crippen molar-refractivity contribution in [2.75, 3.05) is 10.9 Å². The van der Waals surface area contributed by atoms with Crippen LogP contribution in [0.25, 0.3) is 22.0 Å². The number of fused-ring (bicyclic) bond motifs is 2. The molecule has 0 aliphatic heterocycles. The Hall–Kier alpha value is -2.12. The monoisotopic (exact) mass is 930 g/mol. The van der Waals surface area contributed by atoms with Crippen molar-refractivity contribution in [2.24, 2.45) is 10.2 Å². The smallest absolute Gasteiger partial charge is 0.744 e. The third kappa shape index (κ3) is 12.3. The molecular weight excluding hydrogens is 913 g/mol. The van der Waals surface area contributed by atoms with E-state index < -0.39 is 94.5 Å². The second-order valence-corrected chi connectivity index (χ2v) is 16.7. The summed E-state index contributed by atoms with van der Waals surface area (Å²) in [6.45, 7) is 0. The zero-order valence-corrected chi connectivity index (χ0v) is 42.6. The summed E-state index contributed by atoms with van der Waals surface area (Å²) in [5, 5.41) is 7.53. The molecule has 0 fully saturated rings. The van der Waals surface area contributed by atoms with E-state index in [-0.39, 0.29) is 152 Å². The minimum absolute atomic E-state index is 0. The Morgan fingerprint density at radius 1 is 0.517 bits per heavy atom. The fourth-order valence-electron chi connectivity index (χ4n) is 5.27. The van der Waals surface area contributed by atoms with Gasteiger partial charge >= 0.3 is 118 Å². The molecule has 0 bridgehead atoms. The predicted molar refractivity (Wildman–Crippen MR) is 192 cm³/mol. The van der Waals surface area contributed by atoms with Gasteiger partial charge in [0.1, 0.15) is 63.3 Å². The van der Waals surface area contributed by atoms with E-state index in [9.17, 15) is 61.5 Å². The van der Waals surface area contributed by atoms with Gasteiger partial charge in [0.15, 0.2) is 0 Å². The van der Waals surface area contributed by atoms with Gasteiger partial charge in [0.05, 0.1) is 31.0 Å². The first kappa shape index (κ1) is 54.0. The Bertz CT molecular complexity index is 2830. The largest absolute Gasteiger partial charge is 1.00 e. The van der Waals surface area contributed by atoms with Crippen molar-refractivity contribution in [2.45, 2.75) is 9.79 Å². The molecule has 0 atom stereocenters. The molecule has 2 heterocycles. The third-order valence-electron chi connectivity index (χ3n) is 7.74. The second-order valence-electron chi connectivity index (χ2n) is 11.3. The van der Waals surface area contributed by atoms with Crippen molar-refractivity contribution in [1.29, 1.82) is 0 Å². The van der Waals surface area contributed by atoms with Crippen LogP contribution in [0.3, 0.4) is 0 Å². The number of benzene rings is 2. The zero-order chi connectivity index (χ0) is 40.8. The summed E-state index contributed by atoms with van der Waals surface area (Å²) >= 11 is 0. The van der Waals surface area contributed by atoms with Crippen LogP contribution in [0.4, 0.5) is 11.4 Å². The normalized spacial score (nSPS) is 15.3. The molecule has 60 heavy (non-hydrogen) atoms. The van der Waals surface area contributed by atoms with Gasteiger partial charge in [0, 0.05) is 23.5 Å². The third-order valence-corrected chi connectivity index (χ3v) is 11.3. The van der Waals surface area contributed by atoms with Gasteiger partial charge in [-0.05, 0) is 71.8 Å². The summed E-state index contributed by atoms with van der Waals surface area (Å²) in [6, 6.07) is 11.1. The molecule has 4 aromatic rings. The van der Waals surface area contributed by atoms with Gasteiger partial charge in [0.2, 0.25) is 11.6 Å². The van der Waals surface area contributed by atoms with Gasteiger partial charge in [0.25, 0.3) is 0 Å². The Balaban J connectivity index is 0.00000310. The van der Waals surface area contributed by atoms with E-state index in [0.29, 0.717) is 12.2 Å². The van der Waals surface area contributed by atoms with Crippen LogP contribution in [0.5, 0.6) is 0 Å². The number of Topliss-reactive ketones (excluding diaryl/α,β-unsaturated/α-hetero) is 2. The van der Waals surface area contributed by atoms with Crippen LogP contribution < -0.4 is 129 Å². The quantitative estimate of drug-likeness (QED) is 0.0645. The van der Waals surface area contributed by atoms with Gasteiger partial charge in [-0.25, -0.2) is 33.7 Å². The molecule has 2 aliphatic carbocycles. The predicted octanol–water partition coefficient (Wildman–Crippen LogP) is -10.4. The summed E-state index contributed by atoms with van der Waals surface area (Å²) in [6.07, 6.45) is 5.72. The summed E-state index contributed by atoms with van der Waals surface area (Å²) in [5.74, 6) is -1.78. The maximum atomic E-state index is 12.9. The van der Waals surface area contributed by atoms with Crippen molar-refractivity contribution < 1.29 is 180 Å². The summed E-state index contributed by atoms with van der Waals surface area (Å²) in [5.41, 5.74) is 1.09. The molecule has 0 amide bonds. The Morgan fingerprint density at radius 3 is 1.18 bits per heavy atom. The van der Waals surface area contributed by atoms with E-state index in [4.69, 9.17) is 0 Å². The number of pyridine rings is 2. The van der Waals surface area contributed by atoms with E-state index >= 15 is 0 Å². The van der Waals surface area contributed by atoms with E-state index in [1.165, 1.54) is 48.8 Å². The number of hydrazone groups is 2. The minimum atomic E-state index is -5.28. The number of hydrogen-bond acceptors (Lipinski definition) is 20. The van der Waals surface area contributed by atoms with Gasteiger partial charge in [-0.15, -0.1) is 0 Å². The molecular formula is C32H18N6Na4O14S4. The average Bonchev–Trinajstić information content (AvgIpc) is 3.12. The molecule has 6 rings (SSSR count). The Kier molecular flexibility index (Phi) is 18.9. The molecule has 0 spiro atoms. The van der Waals surface area contributed by atoms with Crippen LogP contribution in [-0.4, -0.2) is 84.8 Å². The number of rotatable bonds is 10. The molecule has 0 radical (unpaired) electrons. The topological polar surface area (TPSA) is 337 Å². The number of nitrogens with zero attached hydrogens (tertiary/aromatic N) is 4. The maximum absolute atomic E-state index is 12.9. The van der Waals surface area contributed by atoms with Crippen molar-refractivity contribution in [3.8, 4) is 0 Å². The maximum Gasteiger partial charge on any atom is 1.00 e. The summed E-state index contributed by atoms with van der Waals surface area (Å²) in [4.78, 5) is 30.0. The fourth-order valence-corrected chi connectivity index (χ4v) is 8.04. The second kappa shape index (κ2) is 21.0. The molecule has 2 aromatic carbocycles. The van der Waals surface area contributed by atoms with E-state index in [1.54, 1.807) is 0 Å². The molecule has 2 aliphatic rings. The van der Waals surface area contributed by atoms with Crippen LogP contribution in [-0.2, 0) is 40.5 Å². The first-order valence-electron chi connectivity index (χ1n) is 15.0. The van der Waals surface area contributed by atoms with Gasteiger partial charge < -0.3 is 18.2 Å². The van der Waals surface area contributed by atoms with E-state index in [1.807, 2.05) is 0 Å². The molecule has 28 heteroatoms. The molecule has 2 N–H and O–H groups in total. The van der Waals surface area contributed by atoms with Crippen LogP contribution in [0.15, 0.2) is 105 Å². The molecule has 20 nitrogen and oxygen atoms in total. The fraction of sp³-hybridized carbons (Fsp3) is 0. The number of anilines is 2. The van der Waals surface area contributed by atoms with Crippen molar-refractivity contribution >= 4 is 96.8 Å². The number of allylic oxidation sites excluding steroid dienone is 2. The standard InChI is InChI=1S/C32H22N6O14S4.4Na/c39-31-23(15-27(55(47,48)49)21-3-1-11-33-29(21)31)37-35-19-9-7-17(25(13-19)53(41,42)43)5-6-18-8-10-20(14-26(18)54(44,45)46)36-38-24-16-28(56(50,51)52)22-4-2-12-34-30(22)32(24)40;;;;/h1-16,35-36H,(H,41,42,43)(H,44,45,46)(H,47,48,49)(H,50,51,52);;;;/q;4*+1/p-4/b6-5+,37-23-,38-24-;;;;. The van der Waals surface area contributed by atoms with Crippen molar-refractivity contribution in [3.63, 3.8) is 0 Å².